The lowest BCUT2D eigenvalue weighted by Gasteiger charge is -2.18. The van der Waals surface area contributed by atoms with Crippen LogP contribution >= 0.6 is 11.6 Å². The van der Waals surface area contributed by atoms with Crippen LogP contribution in [0.1, 0.15) is 21.5 Å². The van der Waals surface area contributed by atoms with Gasteiger partial charge in [-0.05, 0) is 30.7 Å². The van der Waals surface area contributed by atoms with Crippen molar-refractivity contribution < 1.29 is 13.2 Å². The zero-order valence-electron chi connectivity index (χ0n) is 13.7. The maximum atomic E-state index is 12.3. The molecular formula is C17H19ClN2O3S. The molecule has 0 bridgehead atoms. The van der Waals surface area contributed by atoms with E-state index in [9.17, 15) is 13.2 Å². The minimum Gasteiger partial charge on any atom is -0.348 e. The van der Waals surface area contributed by atoms with Gasteiger partial charge in [-0.2, -0.15) is 0 Å². The third-order valence-electron chi connectivity index (χ3n) is 3.58. The summed E-state index contributed by atoms with van der Waals surface area (Å²) < 4.78 is 24.4. The number of halogens is 1. The summed E-state index contributed by atoms with van der Waals surface area (Å²) >= 11 is 6.05. The second-order valence-electron chi connectivity index (χ2n) is 5.57. The maximum absolute atomic E-state index is 12.3. The molecule has 1 amide bonds. The van der Waals surface area contributed by atoms with E-state index in [0.717, 1.165) is 21.7 Å². The normalized spacial score (nSPS) is 11.2. The van der Waals surface area contributed by atoms with Crippen molar-refractivity contribution in [1.82, 2.24) is 5.32 Å². The van der Waals surface area contributed by atoms with Crippen LogP contribution in [0, 0.1) is 6.92 Å². The average molecular weight is 367 g/mol. The van der Waals surface area contributed by atoms with E-state index in [1.54, 1.807) is 6.07 Å². The Kier molecular flexibility index (Phi) is 5.51. The van der Waals surface area contributed by atoms with Crippen molar-refractivity contribution in [3.8, 4) is 0 Å². The topological polar surface area (TPSA) is 66.5 Å². The van der Waals surface area contributed by atoms with Crippen LogP contribution in [0.25, 0.3) is 0 Å². The molecule has 2 aromatic rings. The van der Waals surface area contributed by atoms with E-state index in [0.29, 0.717) is 12.1 Å². The van der Waals surface area contributed by atoms with Gasteiger partial charge in [0.25, 0.3) is 5.91 Å². The van der Waals surface area contributed by atoms with Gasteiger partial charge < -0.3 is 5.32 Å². The first-order chi connectivity index (χ1) is 11.2. The molecule has 2 aromatic carbocycles. The largest absolute Gasteiger partial charge is 0.348 e. The van der Waals surface area contributed by atoms with Crippen molar-refractivity contribution in [3.05, 3.63) is 64.2 Å². The number of carbonyl (C=O) groups is 1. The molecule has 0 aliphatic carbocycles. The van der Waals surface area contributed by atoms with E-state index >= 15 is 0 Å². The Hall–Kier alpha value is -2.05. The van der Waals surface area contributed by atoms with E-state index in [4.69, 9.17) is 11.6 Å². The quantitative estimate of drug-likeness (QED) is 0.884. The van der Waals surface area contributed by atoms with E-state index < -0.39 is 10.0 Å². The molecule has 2 rings (SSSR count). The molecule has 128 valence electrons. The predicted octanol–water partition coefficient (Wildman–Crippen LogP) is 2.97. The van der Waals surface area contributed by atoms with Crippen molar-refractivity contribution in [1.29, 1.82) is 0 Å². The van der Waals surface area contributed by atoms with Gasteiger partial charge in [-0.15, -0.1) is 0 Å². The van der Waals surface area contributed by atoms with Crippen molar-refractivity contribution in [3.63, 3.8) is 0 Å². The Morgan fingerprint density at radius 1 is 1.21 bits per heavy atom. The number of nitrogens with one attached hydrogen (secondary N) is 1. The molecular weight excluding hydrogens is 348 g/mol. The summed E-state index contributed by atoms with van der Waals surface area (Å²) in [6.45, 7) is 2.37. The summed E-state index contributed by atoms with van der Waals surface area (Å²) in [6.07, 6.45) is 1.08. The van der Waals surface area contributed by atoms with Crippen molar-refractivity contribution in [2.24, 2.45) is 0 Å². The molecule has 0 atom stereocenters. The Morgan fingerprint density at radius 2 is 1.92 bits per heavy atom. The van der Waals surface area contributed by atoms with Crippen molar-refractivity contribution in [2.45, 2.75) is 13.5 Å². The third-order valence-corrected chi connectivity index (χ3v) is 5.09. The predicted molar refractivity (Wildman–Crippen MR) is 97.0 cm³/mol. The number of rotatable bonds is 5. The Morgan fingerprint density at radius 3 is 2.54 bits per heavy atom. The second kappa shape index (κ2) is 7.23. The summed E-state index contributed by atoms with van der Waals surface area (Å²) in [4.78, 5) is 12.3. The van der Waals surface area contributed by atoms with Crippen LogP contribution in [-0.2, 0) is 16.6 Å². The molecule has 1 N–H and O–H groups in total. The molecule has 5 nitrogen and oxygen atoms in total. The highest BCUT2D eigenvalue weighted by Gasteiger charge is 2.17. The molecule has 0 aliphatic rings. The first kappa shape index (κ1) is 18.3. The van der Waals surface area contributed by atoms with Crippen LogP contribution in [-0.4, -0.2) is 27.6 Å². The van der Waals surface area contributed by atoms with Gasteiger partial charge in [-0.1, -0.05) is 41.4 Å². The van der Waals surface area contributed by atoms with Crippen LogP contribution in [0.15, 0.2) is 42.5 Å². The van der Waals surface area contributed by atoms with Gasteiger partial charge in [0, 0.05) is 19.2 Å². The lowest BCUT2D eigenvalue weighted by Crippen LogP contribution is -2.26. The summed E-state index contributed by atoms with van der Waals surface area (Å²) in [5.41, 5.74) is 2.72. The van der Waals surface area contributed by atoms with Crippen LogP contribution in [0.5, 0.6) is 0 Å². The number of hydrogen-bond donors (Lipinski definition) is 1. The molecule has 0 saturated heterocycles. The molecule has 0 saturated carbocycles. The second-order valence-corrected chi connectivity index (χ2v) is 7.99. The van der Waals surface area contributed by atoms with Crippen LogP contribution in [0.4, 0.5) is 5.69 Å². The van der Waals surface area contributed by atoms with Gasteiger partial charge in [0.1, 0.15) is 0 Å². The van der Waals surface area contributed by atoms with Gasteiger partial charge >= 0.3 is 0 Å². The summed E-state index contributed by atoms with van der Waals surface area (Å²) in [5, 5.41) is 3.08. The number of aryl methyl sites for hydroxylation is 1. The molecule has 0 heterocycles. The monoisotopic (exact) mass is 366 g/mol. The highest BCUT2D eigenvalue weighted by atomic mass is 35.5. The van der Waals surface area contributed by atoms with Gasteiger partial charge in [0.2, 0.25) is 10.0 Å². The first-order valence-electron chi connectivity index (χ1n) is 7.25. The number of carbonyl (C=O) groups excluding carboxylic acids is 1. The Balaban J connectivity index is 2.18. The Bertz CT molecular complexity index is 866. The first-order valence-corrected chi connectivity index (χ1v) is 9.48. The lowest BCUT2D eigenvalue weighted by atomic mass is 10.1. The molecule has 0 spiro atoms. The number of amides is 1. The minimum absolute atomic E-state index is 0.262. The molecule has 0 radical (unpaired) electrons. The fourth-order valence-electron chi connectivity index (χ4n) is 2.18. The van der Waals surface area contributed by atoms with E-state index in [-0.39, 0.29) is 16.6 Å². The lowest BCUT2D eigenvalue weighted by molar-refractivity contribution is 0.0951. The molecule has 0 aromatic heterocycles. The van der Waals surface area contributed by atoms with Gasteiger partial charge in [0.05, 0.1) is 17.0 Å². The molecule has 0 fully saturated rings. The summed E-state index contributed by atoms with van der Waals surface area (Å²) in [6, 6.07) is 12.4. The summed E-state index contributed by atoms with van der Waals surface area (Å²) in [5.74, 6) is -0.295. The minimum atomic E-state index is -3.46. The van der Waals surface area contributed by atoms with Crippen LogP contribution in [0.3, 0.4) is 0 Å². The third kappa shape index (κ3) is 4.49. The number of hydrogen-bond acceptors (Lipinski definition) is 3. The molecule has 0 aliphatic heterocycles. The fourth-order valence-corrected chi connectivity index (χ4v) is 2.98. The van der Waals surface area contributed by atoms with E-state index in [1.807, 2.05) is 31.2 Å². The number of nitrogens with zero attached hydrogens (tertiary/aromatic N) is 1. The SMILES string of the molecule is Cc1cccc(CNC(=O)c2ccc(Cl)c(N(C)S(C)(=O)=O)c2)c1. The molecule has 24 heavy (non-hydrogen) atoms. The number of anilines is 1. The average Bonchev–Trinajstić information content (AvgIpc) is 2.51. The zero-order valence-corrected chi connectivity index (χ0v) is 15.3. The standard InChI is InChI=1S/C17H19ClN2O3S/c1-12-5-4-6-13(9-12)11-19-17(21)14-7-8-15(18)16(10-14)20(2)24(3,22)23/h4-10H,11H2,1-3H3,(H,19,21). The molecule has 0 unspecified atom stereocenters. The zero-order chi connectivity index (χ0) is 17.9. The van der Waals surface area contributed by atoms with Crippen molar-refractivity contribution in [2.75, 3.05) is 17.6 Å². The van der Waals surface area contributed by atoms with Gasteiger partial charge in [-0.25, -0.2) is 8.42 Å². The fraction of sp³-hybridized carbons (Fsp3) is 0.235. The van der Waals surface area contributed by atoms with Crippen LogP contribution in [0.2, 0.25) is 5.02 Å². The highest BCUT2D eigenvalue weighted by molar-refractivity contribution is 7.92. The maximum Gasteiger partial charge on any atom is 0.251 e. The van der Waals surface area contributed by atoms with Crippen LogP contribution < -0.4 is 9.62 Å². The smallest absolute Gasteiger partial charge is 0.251 e. The van der Waals surface area contributed by atoms with E-state index in [1.165, 1.54) is 19.2 Å². The van der Waals surface area contributed by atoms with Crippen molar-refractivity contribution >= 4 is 33.2 Å². The van der Waals surface area contributed by atoms with E-state index in [2.05, 4.69) is 5.32 Å². The number of sulfonamides is 1. The van der Waals surface area contributed by atoms with Gasteiger partial charge in [-0.3, -0.25) is 9.10 Å². The number of benzene rings is 2. The van der Waals surface area contributed by atoms with Gasteiger partial charge in [0.15, 0.2) is 0 Å². The molecule has 7 heteroatoms. The highest BCUT2D eigenvalue weighted by Crippen LogP contribution is 2.27. The summed E-state index contributed by atoms with van der Waals surface area (Å²) in [7, 11) is -2.07. The Labute approximate surface area is 147 Å².